The molecule has 0 heterocycles. The van der Waals surface area contributed by atoms with Crippen molar-refractivity contribution in [2.24, 2.45) is 0 Å². The average molecular weight is 246 g/mol. The Hall–Kier alpha value is -0.610. The van der Waals surface area contributed by atoms with Crippen LogP contribution in [0.2, 0.25) is 0 Å². The van der Waals surface area contributed by atoms with Crippen LogP contribution in [-0.4, -0.2) is 37.5 Å². The summed E-state index contributed by atoms with van der Waals surface area (Å²) >= 11 is 0. The van der Waals surface area contributed by atoms with Gasteiger partial charge in [0.2, 0.25) is 0 Å². The molecule has 4 nitrogen and oxygen atoms in total. The highest BCUT2D eigenvalue weighted by Gasteiger charge is 2.11. The third-order valence-electron chi connectivity index (χ3n) is 2.57. The Morgan fingerprint density at radius 2 is 1.88 bits per heavy atom. The lowest BCUT2D eigenvalue weighted by molar-refractivity contribution is -0.146. The zero-order valence-electron chi connectivity index (χ0n) is 11.1. The van der Waals surface area contributed by atoms with Crippen LogP contribution in [0, 0.1) is 0 Å². The largest absolute Gasteiger partial charge is 0.466 e. The molecule has 0 amide bonds. The molecule has 0 saturated carbocycles. The molecule has 0 aromatic rings. The number of carbonyl (C=O) groups is 1. The quantitative estimate of drug-likeness (QED) is 0.449. The molecule has 0 radical (unpaired) electrons. The number of aliphatic hydroxyl groups excluding tert-OH is 1. The van der Waals surface area contributed by atoms with Crippen molar-refractivity contribution in [2.45, 2.75) is 58.0 Å². The molecule has 17 heavy (non-hydrogen) atoms. The topological polar surface area (TPSA) is 55.8 Å². The molecule has 0 unspecified atom stereocenters. The summed E-state index contributed by atoms with van der Waals surface area (Å²) in [6.45, 7) is 3.10. The third-order valence-corrected chi connectivity index (χ3v) is 2.57. The Morgan fingerprint density at radius 3 is 2.53 bits per heavy atom. The molecular formula is C13H26O4. The molecule has 0 aromatic heterocycles. The summed E-state index contributed by atoms with van der Waals surface area (Å²) in [6.07, 6.45) is 5.57. The van der Waals surface area contributed by atoms with Gasteiger partial charge in [-0.1, -0.05) is 32.6 Å². The molecule has 0 aliphatic rings. The Balaban J connectivity index is 3.33. The van der Waals surface area contributed by atoms with E-state index in [9.17, 15) is 9.90 Å². The monoisotopic (exact) mass is 246 g/mol. The highest BCUT2D eigenvalue weighted by Crippen LogP contribution is 2.04. The Morgan fingerprint density at radius 1 is 1.18 bits per heavy atom. The van der Waals surface area contributed by atoms with Crippen molar-refractivity contribution < 1.29 is 19.4 Å². The number of esters is 1. The van der Waals surface area contributed by atoms with Crippen molar-refractivity contribution in [3.63, 3.8) is 0 Å². The Kier molecular flexibility index (Phi) is 11.4. The number of methoxy groups -OCH3 is 1. The third kappa shape index (κ3) is 11.6. The normalized spacial score (nSPS) is 12.4. The van der Waals surface area contributed by atoms with E-state index in [2.05, 4.69) is 6.92 Å². The van der Waals surface area contributed by atoms with E-state index in [-0.39, 0.29) is 12.4 Å². The fourth-order valence-corrected chi connectivity index (χ4v) is 1.50. The predicted octanol–water partition coefficient (Wildman–Crippen LogP) is 2.29. The maximum Gasteiger partial charge on any atom is 0.308 e. The lowest BCUT2D eigenvalue weighted by atomic mass is 10.2. The zero-order valence-corrected chi connectivity index (χ0v) is 11.1. The van der Waals surface area contributed by atoms with Crippen molar-refractivity contribution in [3.8, 4) is 0 Å². The van der Waals surface area contributed by atoms with Crippen molar-refractivity contribution in [2.75, 3.05) is 20.3 Å². The molecule has 0 fully saturated rings. The van der Waals surface area contributed by atoms with E-state index in [0.717, 1.165) is 12.8 Å². The van der Waals surface area contributed by atoms with E-state index >= 15 is 0 Å². The van der Waals surface area contributed by atoms with Crippen LogP contribution in [-0.2, 0) is 14.3 Å². The number of rotatable bonds is 11. The molecule has 4 heteroatoms. The molecule has 0 rings (SSSR count). The maximum absolute atomic E-state index is 11.3. The van der Waals surface area contributed by atoms with Gasteiger partial charge < -0.3 is 14.6 Å². The molecule has 0 aromatic carbocycles. The van der Waals surface area contributed by atoms with Gasteiger partial charge in [-0.05, 0) is 12.8 Å². The summed E-state index contributed by atoms with van der Waals surface area (Å²) in [5.74, 6) is -0.316. The van der Waals surface area contributed by atoms with E-state index in [1.807, 2.05) is 0 Å². The Labute approximate surface area is 104 Å². The van der Waals surface area contributed by atoms with Crippen LogP contribution in [0.1, 0.15) is 51.9 Å². The molecule has 1 atom stereocenters. The van der Waals surface area contributed by atoms with Gasteiger partial charge in [0.25, 0.3) is 0 Å². The molecule has 0 spiro atoms. The first-order valence-corrected chi connectivity index (χ1v) is 6.53. The summed E-state index contributed by atoms with van der Waals surface area (Å²) in [6, 6.07) is 0. The average Bonchev–Trinajstić information content (AvgIpc) is 2.31. The fraction of sp³-hybridized carbons (Fsp3) is 0.923. The van der Waals surface area contributed by atoms with Gasteiger partial charge in [0.1, 0.15) is 0 Å². The molecule has 0 aliphatic carbocycles. The number of hydrogen-bond acceptors (Lipinski definition) is 4. The number of unbranched alkanes of at least 4 members (excludes halogenated alkanes) is 4. The van der Waals surface area contributed by atoms with E-state index in [1.54, 1.807) is 7.11 Å². The van der Waals surface area contributed by atoms with Gasteiger partial charge in [0.05, 0.1) is 19.1 Å². The first-order chi connectivity index (χ1) is 8.20. The number of hydrogen-bond donors (Lipinski definition) is 1. The summed E-state index contributed by atoms with van der Waals surface area (Å²) in [7, 11) is 1.57. The van der Waals surface area contributed by atoms with Crippen LogP contribution >= 0.6 is 0 Å². The van der Waals surface area contributed by atoms with Gasteiger partial charge in [0, 0.05) is 13.7 Å². The van der Waals surface area contributed by atoms with Gasteiger partial charge >= 0.3 is 5.97 Å². The van der Waals surface area contributed by atoms with Crippen molar-refractivity contribution >= 4 is 5.97 Å². The maximum atomic E-state index is 11.3. The van der Waals surface area contributed by atoms with Crippen LogP contribution in [0.4, 0.5) is 0 Å². The molecule has 0 aliphatic heterocycles. The van der Waals surface area contributed by atoms with Gasteiger partial charge in [-0.25, -0.2) is 0 Å². The van der Waals surface area contributed by atoms with Crippen LogP contribution in [0.15, 0.2) is 0 Å². The highest BCUT2D eigenvalue weighted by atomic mass is 16.5. The predicted molar refractivity (Wildman–Crippen MR) is 66.8 cm³/mol. The second-order valence-corrected chi connectivity index (χ2v) is 4.27. The molecule has 1 N–H and O–H groups in total. The van der Waals surface area contributed by atoms with Crippen molar-refractivity contribution in [1.82, 2.24) is 0 Å². The number of ether oxygens (including phenoxy) is 2. The fourth-order valence-electron chi connectivity index (χ4n) is 1.50. The minimum Gasteiger partial charge on any atom is -0.466 e. The van der Waals surface area contributed by atoms with Crippen LogP contribution in [0.25, 0.3) is 0 Å². The van der Waals surface area contributed by atoms with Crippen molar-refractivity contribution in [1.29, 1.82) is 0 Å². The first kappa shape index (κ1) is 16.4. The standard InChI is InChI=1S/C13H26O4/c1-3-4-5-6-7-9-17-13(15)11-12(14)8-10-16-2/h12,14H,3-11H2,1-2H3/t12-/m0/s1. The second-order valence-electron chi connectivity index (χ2n) is 4.27. The summed E-state index contributed by atoms with van der Waals surface area (Å²) in [5.41, 5.74) is 0. The molecule has 0 bridgehead atoms. The lowest BCUT2D eigenvalue weighted by Crippen LogP contribution is -2.17. The van der Waals surface area contributed by atoms with Gasteiger partial charge in [-0.15, -0.1) is 0 Å². The summed E-state index contributed by atoms with van der Waals surface area (Å²) in [4.78, 5) is 11.3. The smallest absolute Gasteiger partial charge is 0.308 e. The lowest BCUT2D eigenvalue weighted by Gasteiger charge is -2.09. The van der Waals surface area contributed by atoms with E-state index < -0.39 is 6.10 Å². The summed E-state index contributed by atoms with van der Waals surface area (Å²) < 4.78 is 9.85. The van der Waals surface area contributed by atoms with E-state index in [0.29, 0.717) is 19.6 Å². The SMILES string of the molecule is CCCCCCCOC(=O)C[C@@H](O)CCOC. The molecular weight excluding hydrogens is 220 g/mol. The van der Waals surface area contributed by atoms with Crippen LogP contribution in [0.5, 0.6) is 0 Å². The minimum absolute atomic E-state index is 0.0678. The van der Waals surface area contributed by atoms with Gasteiger partial charge in [-0.2, -0.15) is 0 Å². The van der Waals surface area contributed by atoms with E-state index in [4.69, 9.17) is 9.47 Å². The second kappa shape index (κ2) is 11.9. The number of aliphatic hydroxyl groups is 1. The first-order valence-electron chi connectivity index (χ1n) is 6.53. The molecule has 0 saturated heterocycles. The van der Waals surface area contributed by atoms with Crippen LogP contribution in [0.3, 0.4) is 0 Å². The molecule has 102 valence electrons. The van der Waals surface area contributed by atoms with Crippen LogP contribution < -0.4 is 0 Å². The van der Waals surface area contributed by atoms with E-state index in [1.165, 1.54) is 19.3 Å². The van der Waals surface area contributed by atoms with Crippen molar-refractivity contribution in [3.05, 3.63) is 0 Å². The summed E-state index contributed by atoms with van der Waals surface area (Å²) in [5, 5.41) is 9.44. The number of carbonyl (C=O) groups excluding carboxylic acids is 1. The minimum atomic E-state index is -0.650. The van der Waals surface area contributed by atoms with Gasteiger partial charge in [-0.3, -0.25) is 4.79 Å². The highest BCUT2D eigenvalue weighted by molar-refractivity contribution is 5.69. The Bertz CT molecular complexity index is 182. The zero-order chi connectivity index (χ0) is 12.9. The van der Waals surface area contributed by atoms with Gasteiger partial charge in [0.15, 0.2) is 0 Å².